The quantitative estimate of drug-likeness (QED) is 0.627. The molecule has 0 amide bonds. The fraction of sp³-hybridized carbons (Fsp3) is 0.417. The average Bonchev–Trinajstić information content (AvgIpc) is 2.60. The van der Waals surface area contributed by atoms with Gasteiger partial charge in [0.25, 0.3) is 0 Å². The second-order valence-corrected chi connectivity index (χ2v) is 8.94. The van der Waals surface area contributed by atoms with E-state index < -0.39 is 0 Å². The highest BCUT2D eigenvalue weighted by Gasteiger charge is 2.37. The molecular weight excluding hydrogens is 318 g/mol. The van der Waals surface area contributed by atoms with Crippen LogP contribution < -0.4 is 0 Å². The summed E-state index contributed by atoms with van der Waals surface area (Å²) in [7, 11) is 0. The molecule has 0 saturated carbocycles. The van der Waals surface area contributed by atoms with E-state index in [-0.39, 0.29) is 10.8 Å². The molecule has 0 saturated heterocycles. The minimum absolute atomic E-state index is 0.211. The van der Waals surface area contributed by atoms with Crippen LogP contribution in [0.3, 0.4) is 0 Å². The van der Waals surface area contributed by atoms with E-state index in [0.717, 1.165) is 17.4 Å². The Balaban J connectivity index is 2.07. The van der Waals surface area contributed by atoms with E-state index in [1.165, 1.54) is 35.1 Å². The van der Waals surface area contributed by atoms with Gasteiger partial charge in [0.2, 0.25) is 0 Å². The number of fused-ring (bicyclic) bond motifs is 1. The van der Waals surface area contributed by atoms with Gasteiger partial charge in [-0.05, 0) is 77.0 Å². The molecule has 136 valence electrons. The topological polar surface area (TPSA) is 30.0 Å². The van der Waals surface area contributed by atoms with Crippen molar-refractivity contribution >= 4 is 17.9 Å². The predicted octanol–water partition coefficient (Wildman–Crippen LogP) is 6.11. The van der Waals surface area contributed by atoms with Crippen molar-refractivity contribution in [3.8, 4) is 0 Å². The highest BCUT2D eigenvalue weighted by molar-refractivity contribution is 5.82. The maximum atomic E-state index is 10.8. The molecule has 0 bridgehead atoms. The first-order valence-corrected chi connectivity index (χ1v) is 9.39. The van der Waals surface area contributed by atoms with Crippen LogP contribution in [-0.2, 0) is 10.8 Å². The van der Waals surface area contributed by atoms with E-state index in [0.29, 0.717) is 5.69 Å². The third kappa shape index (κ3) is 3.38. The Morgan fingerprint density at radius 1 is 1.04 bits per heavy atom. The van der Waals surface area contributed by atoms with E-state index in [4.69, 9.17) is 0 Å². The van der Waals surface area contributed by atoms with Gasteiger partial charge in [-0.15, -0.1) is 0 Å². The van der Waals surface area contributed by atoms with Crippen molar-refractivity contribution in [3.05, 3.63) is 64.0 Å². The SMILES string of the molecule is C/C(=C/c1cc2c(cc1C)C(C)(C)CCC2(C)C)c1ccc(C=O)nc1. The van der Waals surface area contributed by atoms with Crippen LogP contribution in [0.2, 0.25) is 0 Å². The van der Waals surface area contributed by atoms with Gasteiger partial charge in [-0.3, -0.25) is 9.78 Å². The number of allylic oxidation sites excluding steroid dienone is 1. The van der Waals surface area contributed by atoms with Gasteiger partial charge in [-0.1, -0.05) is 52.0 Å². The van der Waals surface area contributed by atoms with Crippen LogP contribution in [0.25, 0.3) is 11.6 Å². The molecule has 0 fully saturated rings. The second kappa shape index (κ2) is 6.50. The minimum Gasteiger partial charge on any atom is -0.296 e. The van der Waals surface area contributed by atoms with Gasteiger partial charge in [0.1, 0.15) is 5.69 Å². The maximum absolute atomic E-state index is 10.8. The molecule has 1 aromatic heterocycles. The van der Waals surface area contributed by atoms with Crippen molar-refractivity contribution in [2.45, 2.75) is 65.2 Å². The Morgan fingerprint density at radius 2 is 1.65 bits per heavy atom. The Bertz CT molecular complexity index is 870. The van der Waals surface area contributed by atoms with Crippen molar-refractivity contribution in [3.63, 3.8) is 0 Å². The smallest absolute Gasteiger partial charge is 0.168 e. The van der Waals surface area contributed by atoms with Crippen molar-refractivity contribution < 1.29 is 4.79 Å². The molecule has 0 N–H and O–H groups in total. The number of pyridine rings is 1. The summed E-state index contributed by atoms with van der Waals surface area (Å²) in [5.74, 6) is 0. The highest BCUT2D eigenvalue weighted by Crippen LogP contribution is 2.46. The number of hydrogen-bond acceptors (Lipinski definition) is 2. The van der Waals surface area contributed by atoms with Gasteiger partial charge >= 0.3 is 0 Å². The first-order chi connectivity index (χ1) is 12.1. The summed E-state index contributed by atoms with van der Waals surface area (Å²) in [6, 6.07) is 8.51. The lowest BCUT2D eigenvalue weighted by atomic mass is 9.62. The number of aldehydes is 1. The monoisotopic (exact) mass is 347 g/mol. The normalized spacial score (nSPS) is 18.3. The summed E-state index contributed by atoms with van der Waals surface area (Å²) in [6.45, 7) is 13.7. The zero-order valence-electron chi connectivity index (χ0n) is 16.8. The molecule has 2 aromatic rings. The molecule has 0 aliphatic heterocycles. The number of aromatic nitrogens is 1. The van der Waals surface area contributed by atoms with Gasteiger partial charge < -0.3 is 0 Å². The Morgan fingerprint density at radius 3 is 2.19 bits per heavy atom. The first kappa shape index (κ1) is 18.6. The lowest BCUT2D eigenvalue weighted by Crippen LogP contribution is -2.34. The van der Waals surface area contributed by atoms with E-state index in [9.17, 15) is 4.79 Å². The molecule has 2 nitrogen and oxygen atoms in total. The molecular formula is C24H29NO. The number of rotatable bonds is 3. The summed E-state index contributed by atoms with van der Waals surface area (Å²) in [5.41, 5.74) is 8.68. The van der Waals surface area contributed by atoms with Gasteiger partial charge in [-0.25, -0.2) is 0 Å². The van der Waals surface area contributed by atoms with Crippen LogP contribution in [0.1, 0.15) is 85.8 Å². The Kier molecular flexibility index (Phi) is 4.64. The maximum Gasteiger partial charge on any atom is 0.168 e. The average molecular weight is 348 g/mol. The summed E-state index contributed by atoms with van der Waals surface area (Å²) >= 11 is 0. The van der Waals surface area contributed by atoms with E-state index in [1.54, 1.807) is 12.3 Å². The molecule has 2 heteroatoms. The molecule has 0 radical (unpaired) electrons. The number of carbonyl (C=O) groups is 1. The van der Waals surface area contributed by atoms with Crippen LogP contribution in [0.15, 0.2) is 30.5 Å². The minimum atomic E-state index is 0.211. The number of nitrogens with zero attached hydrogens (tertiary/aromatic N) is 1. The van der Waals surface area contributed by atoms with Gasteiger partial charge in [0.15, 0.2) is 6.29 Å². The molecule has 1 aliphatic carbocycles. The van der Waals surface area contributed by atoms with Gasteiger partial charge in [0, 0.05) is 6.20 Å². The molecule has 3 rings (SSSR count). The van der Waals surface area contributed by atoms with E-state index in [1.807, 2.05) is 6.07 Å². The zero-order valence-corrected chi connectivity index (χ0v) is 16.8. The number of hydrogen-bond donors (Lipinski definition) is 0. The molecule has 26 heavy (non-hydrogen) atoms. The van der Waals surface area contributed by atoms with Crippen molar-refractivity contribution in [1.29, 1.82) is 0 Å². The largest absolute Gasteiger partial charge is 0.296 e. The number of aryl methyl sites for hydroxylation is 1. The lowest BCUT2D eigenvalue weighted by molar-refractivity contribution is 0.111. The van der Waals surface area contributed by atoms with E-state index >= 15 is 0 Å². The zero-order chi connectivity index (χ0) is 19.1. The lowest BCUT2D eigenvalue weighted by Gasteiger charge is -2.42. The molecule has 0 unspecified atom stereocenters. The van der Waals surface area contributed by atoms with Crippen LogP contribution >= 0.6 is 0 Å². The fourth-order valence-corrected chi connectivity index (χ4v) is 3.92. The van der Waals surface area contributed by atoms with Gasteiger partial charge in [-0.2, -0.15) is 0 Å². The standard InChI is InChI=1S/C24H29NO/c1-16(18-7-8-20(15-26)25-14-18)11-19-13-22-21(12-17(19)2)23(3,4)9-10-24(22,5)6/h7-8,11-15H,9-10H2,1-6H3/b16-11-. The number of carbonyl (C=O) groups excluding carboxylic acids is 1. The Labute approximate surface area is 157 Å². The molecule has 1 aliphatic rings. The van der Waals surface area contributed by atoms with Crippen LogP contribution in [0.5, 0.6) is 0 Å². The summed E-state index contributed by atoms with van der Waals surface area (Å²) in [6.07, 6.45) is 7.24. The van der Waals surface area contributed by atoms with Crippen LogP contribution in [0, 0.1) is 6.92 Å². The second-order valence-electron chi connectivity index (χ2n) is 8.94. The third-order valence-electron chi connectivity index (χ3n) is 5.97. The number of benzene rings is 1. The third-order valence-corrected chi connectivity index (χ3v) is 5.97. The van der Waals surface area contributed by atoms with Crippen LogP contribution in [-0.4, -0.2) is 11.3 Å². The molecule has 0 spiro atoms. The summed E-state index contributed by atoms with van der Waals surface area (Å²) in [4.78, 5) is 15.0. The first-order valence-electron chi connectivity index (χ1n) is 9.39. The summed E-state index contributed by atoms with van der Waals surface area (Å²) in [5, 5.41) is 0. The molecule has 0 atom stereocenters. The molecule has 1 aromatic carbocycles. The van der Waals surface area contributed by atoms with Crippen molar-refractivity contribution in [1.82, 2.24) is 4.98 Å². The van der Waals surface area contributed by atoms with Gasteiger partial charge in [0.05, 0.1) is 0 Å². The van der Waals surface area contributed by atoms with Crippen LogP contribution in [0.4, 0.5) is 0 Å². The molecule has 1 heterocycles. The van der Waals surface area contributed by atoms with E-state index in [2.05, 4.69) is 64.7 Å². The highest BCUT2D eigenvalue weighted by atomic mass is 16.1. The van der Waals surface area contributed by atoms with Crippen molar-refractivity contribution in [2.24, 2.45) is 0 Å². The Hall–Kier alpha value is -2.22. The predicted molar refractivity (Wildman–Crippen MR) is 110 cm³/mol. The van der Waals surface area contributed by atoms with Crippen molar-refractivity contribution in [2.75, 3.05) is 0 Å². The fourth-order valence-electron chi connectivity index (χ4n) is 3.92. The summed E-state index contributed by atoms with van der Waals surface area (Å²) < 4.78 is 0.